The molecule has 2 aromatic rings. The Bertz CT molecular complexity index is 619. The second kappa shape index (κ2) is 6.83. The van der Waals surface area contributed by atoms with Gasteiger partial charge in [-0.2, -0.15) is 13.2 Å². The van der Waals surface area contributed by atoms with Crippen molar-refractivity contribution in [3.63, 3.8) is 0 Å². The van der Waals surface area contributed by atoms with E-state index in [1.54, 1.807) is 12.1 Å². The number of nitrogens with one attached hydrogen (secondary N) is 1. The Labute approximate surface area is 130 Å². The summed E-state index contributed by atoms with van der Waals surface area (Å²) in [4.78, 5) is 7.96. The minimum absolute atomic E-state index is 0.121. The molecular formula is C14H13ClF3N3O. The van der Waals surface area contributed by atoms with Gasteiger partial charge >= 0.3 is 6.18 Å². The van der Waals surface area contributed by atoms with Gasteiger partial charge in [0.2, 0.25) is 0 Å². The lowest BCUT2D eigenvalue weighted by Gasteiger charge is -2.15. The van der Waals surface area contributed by atoms with Crippen LogP contribution < -0.4 is 10.1 Å². The molecule has 118 valence electrons. The number of hydrogen-bond acceptors (Lipinski definition) is 4. The van der Waals surface area contributed by atoms with Crippen LogP contribution in [0.15, 0.2) is 36.7 Å². The first-order valence-electron chi connectivity index (χ1n) is 6.37. The smallest absolute Gasteiger partial charge is 0.422 e. The molecule has 4 nitrogen and oxygen atoms in total. The van der Waals surface area contributed by atoms with Gasteiger partial charge in [0.1, 0.15) is 16.7 Å². The van der Waals surface area contributed by atoms with E-state index in [1.807, 2.05) is 6.92 Å². The van der Waals surface area contributed by atoms with Gasteiger partial charge < -0.3 is 10.1 Å². The zero-order chi connectivity index (χ0) is 16.2. The number of alkyl halides is 3. The number of rotatable bonds is 5. The number of anilines is 1. The van der Waals surface area contributed by atoms with E-state index in [9.17, 15) is 13.2 Å². The maximum Gasteiger partial charge on any atom is 0.422 e. The fraction of sp³-hybridized carbons (Fsp3) is 0.286. The van der Waals surface area contributed by atoms with Gasteiger partial charge in [0.15, 0.2) is 6.61 Å². The van der Waals surface area contributed by atoms with Gasteiger partial charge in [-0.05, 0) is 24.6 Å². The molecule has 1 heterocycles. The Morgan fingerprint density at radius 3 is 2.50 bits per heavy atom. The molecule has 1 aromatic heterocycles. The first-order chi connectivity index (χ1) is 10.3. The molecule has 0 aliphatic carbocycles. The van der Waals surface area contributed by atoms with Crippen molar-refractivity contribution >= 4 is 17.4 Å². The topological polar surface area (TPSA) is 47.0 Å². The maximum atomic E-state index is 12.1. The molecule has 0 spiro atoms. The van der Waals surface area contributed by atoms with Crippen LogP contribution in [-0.4, -0.2) is 22.8 Å². The second-order valence-electron chi connectivity index (χ2n) is 4.57. The summed E-state index contributed by atoms with van der Waals surface area (Å²) in [6, 6.07) is 6.22. The molecule has 0 aliphatic heterocycles. The fourth-order valence-corrected chi connectivity index (χ4v) is 1.88. The van der Waals surface area contributed by atoms with Crippen LogP contribution in [0.3, 0.4) is 0 Å². The highest BCUT2D eigenvalue weighted by Crippen LogP contribution is 2.23. The number of benzene rings is 1. The third kappa shape index (κ3) is 5.07. The summed E-state index contributed by atoms with van der Waals surface area (Å²) >= 11 is 5.74. The van der Waals surface area contributed by atoms with Gasteiger partial charge in [0.05, 0.1) is 12.4 Å². The van der Waals surface area contributed by atoms with E-state index in [-0.39, 0.29) is 16.9 Å². The lowest BCUT2D eigenvalue weighted by atomic mass is 10.1. The average Bonchev–Trinajstić information content (AvgIpc) is 2.45. The van der Waals surface area contributed by atoms with Crippen LogP contribution in [0.2, 0.25) is 5.15 Å². The third-order valence-corrected chi connectivity index (χ3v) is 2.93. The van der Waals surface area contributed by atoms with Gasteiger partial charge in [0.25, 0.3) is 0 Å². The molecule has 1 unspecified atom stereocenters. The van der Waals surface area contributed by atoms with E-state index in [1.165, 1.54) is 24.5 Å². The highest BCUT2D eigenvalue weighted by molar-refractivity contribution is 6.29. The lowest BCUT2D eigenvalue weighted by Crippen LogP contribution is -2.19. The summed E-state index contributed by atoms with van der Waals surface area (Å²) in [7, 11) is 0. The van der Waals surface area contributed by atoms with Crippen molar-refractivity contribution in [1.82, 2.24) is 9.97 Å². The molecule has 0 aliphatic rings. The van der Waals surface area contributed by atoms with E-state index in [0.29, 0.717) is 5.82 Å². The van der Waals surface area contributed by atoms with E-state index in [0.717, 1.165) is 5.56 Å². The van der Waals surface area contributed by atoms with Gasteiger partial charge in [-0.15, -0.1) is 0 Å². The molecule has 0 bridgehead atoms. The van der Waals surface area contributed by atoms with Crippen LogP contribution >= 0.6 is 11.6 Å². The van der Waals surface area contributed by atoms with E-state index < -0.39 is 12.8 Å². The van der Waals surface area contributed by atoms with E-state index in [4.69, 9.17) is 11.6 Å². The lowest BCUT2D eigenvalue weighted by molar-refractivity contribution is -0.153. The van der Waals surface area contributed by atoms with Crippen molar-refractivity contribution in [2.75, 3.05) is 11.9 Å². The van der Waals surface area contributed by atoms with Crippen LogP contribution in [-0.2, 0) is 0 Å². The van der Waals surface area contributed by atoms with Gasteiger partial charge in [0, 0.05) is 6.04 Å². The third-order valence-electron chi connectivity index (χ3n) is 2.75. The maximum absolute atomic E-state index is 12.1. The van der Waals surface area contributed by atoms with Crippen molar-refractivity contribution in [2.24, 2.45) is 0 Å². The zero-order valence-electron chi connectivity index (χ0n) is 11.6. The van der Waals surface area contributed by atoms with Crippen molar-refractivity contribution < 1.29 is 17.9 Å². The Kier molecular flexibility index (Phi) is 5.07. The van der Waals surface area contributed by atoms with E-state index in [2.05, 4.69) is 20.0 Å². The number of aromatic nitrogens is 2. The first-order valence-corrected chi connectivity index (χ1v) is 6.75. The predicted octanol–water partition coefficient (Wildman–Crippen LogP) is 4.24. The Morgan fingerprint density at radius 1 is 1.23 bits per heavy atom. The SMILES string of the molecule is CC(Nc1cncc(Cl)n1)c1ccc(OCC(F)(F)F)cc1. The zero-order valence-corrected chi connectivity index (χ0v) is 12.3. The summed E-state index contributed by atoms with van der Waals surface area (Å²) < 4.78 is 40.8. The summed E-state index contributed by atoms with van der Waals surface area (Å²) in [6.07, 6.45) is -1.40. The molecule has 8 heteroatoms. The normalized spacial score (nSPS) is 12.8. The summed E-state index contributed by atoms with van der Waals surface area (Å²) in [5.41, 5.74) is 0.862. The van der Waals surface area contributed by atoms with Gasteiger partial charge in [-0.25, -0.2) is 4.98 Å². The minimum Gasteiger partial charge on any atom is -0.484 e. The van der Waals surface area contributed by atoms with Crippen LogP contribution in [0.4, 0.5) is 19.0 Å². The predicted molar refractivity (Wildman–Crippen MR) is 77.1 cm³/mol. The van der Waals surface area contributed by atoms with Crippen molar-refractivity contribution in [3.8, 4) is 5.75 Å². The molecule has 0 fully saturated rings. The van der Waals surface area contributed by atoms with Crippen molar-refractivity contribution in [2.45, 2.75) is 19.1 Å². The van der Waals surface area contributed by atoms with Crippen LogP contribution in [0.1, 0.15) is 18.5 Å². The van der Waals surface area contributed by atoms with Crippen LogP contribution in [0.25, 0.3) is 0 Å². The molecule has 1 N–H and O–H groups in total. The molecule has 0 saturated heterocycles. The molecule has 2 rings (SSSR count). The minimum atomic E-state index is -4.35. The highest BCUT2D eigenvalue weighted by atomic mass is 35.5. The average molecular weight is 332 g/mol. The molecule has 22 heavy (non-hydrogen) atoms. The number of ether oxygens (including phenoxy) is 1. The molecule has 0 saturated carbocycles. The Morgan fingerprint density at radius 2 is 1.91 bits per heavy atom. The van der Waals surface area contributed by atoms with Gasteiger partial charge in [-0.3, -0.25) is 4.98 Å². The van der Waals surface area contributed by atoms with Gasteiger partial charge in [-0.1, -0.05) is 23.7 Å². The van der Waals surface area contributed by atoms with Crippen LogP contribution in [0.5, 0.6) is 5.75 Å². The Hall–Kier alpha value is -2.02. The molecule has 1 atom stereocenters. The quantitative estimate of drug-likeness (QED) is 0.890. The number of nitrogens with zero attached hydrogens (tertiary/aromatic N) is 2. The van der Waals surface area contributed by atoms with Crippen molar-refractivity contribution in [1.29, 1.82) is 0 Å². The fourth-order valence-electron chi connectivity index (χ4n) is 1.73. The Balaban J connectivity index is 1.97. The molecular weight excluding hydrogens is 319 g/mol. The number of hydrogen-bond donors (Lipinski definition) is 1. The standard InChI is InChI=1S/C14H13ClF3N3O/c1-9(20-13-7-19-6-12(15)21-13)10-2-4-11(5-3-10)22-8-14(16,17)18/h2-7,9H,8H2,1H3,(H,20,21). The second-order valence-corrected chi connectivity index (χ2v) is 4.95. The van der Waals surface area contributed by atoms with Crippen molar-refractivity contribution in [3.05, 3.63) is 47.4 Å². The van der Waals surface area contributed by atoms with E-state index >= 15 is 0 Å². The largest absolute Gasteiger partial charge is 0.484 e. The number of halogens is 4. The highest BCUT2D eigenvalue weighted by Gasteiger charge is 2.28. The molecule has 0 radical (unpaired) electrons. The monoisotopic (exact) mass is 331 g/mol. The van der Waals surface area contributed by atoms with Crippen LogP contribution in [0, 0.1) is 0 Å². The first kappa shape index (κ1) is 16.4. The molecule has 1 aromatic carbocycles. The summed E-state index contributed by atoms with van der Waals surface area (Å²) in [5.74, 6) is 0.674. The molecule has 0 amide bonds. The summed E-state index contributed by atoms with van der Waals surface area (Å²) in [6.45, 7) is 0.576. The summed E-state index contributed by atoms with van der Waals surface area (Å²) in [5, 5.41) is 3.37.